The van der Waals surface area contributed by atoms with Gasteiger partial charge in [0.2, 0.25) is 21.8 Å². The Balaban J connectivity index is 2.44. The molecule has 0 aromatic heterocycles. The molecule has 0 aliphatic heterocycles. The molecule has 1 N–H and O–H groups in total. The maximum Gasteiger partial charge on any atom is 0.244 e. The molecule has 0 aliphatic rings. The van der Waals surface area contributed by atoms with Gasteiger partial charge in [-0.3, -0.25) is 13.9 Å². The van der Waals surface area contributed by atoms with Crippen LogP contribution in [0.15, 0.2) is 48.5 Å². The van der Waals surface area contributed by atoms with Gasteiger partial charge in [0.15, 0.2) is 0 Å². The Kier molecular flexibility index (Phi) is 9.61. The SMILES string of the molecule is CC[C@H](C(=O)N[C@@H](C)CC)N(Cc1ccc(C)cc1)C(=O)CN(c1ccccc1F)S(C)(=O)=O. The van der Waals surface area contributed by atoms with Crippen LogP contribution in [0.2, 0.25) is 0 Å². The van der Waals surface area contributed by atoms with Crippen LogP contribution in [0.3, 0.4) is 0 Å². The molecule has 9 heteroatoms. The largest absolute Gasteiger partial charge is 0.352 e. The summed E-state index contributed by atoms with van der Waals surface area (Å²) in [6.07, 6.45) is 1.98. The van der Waals surface area contributed by atoms with E-state index in [0.717, 1.165) is 34.2 Å². The molecule has 0 unspecified atom stereocenters. The summed E-state index contributed by atoms with van der Waals surface area (Å²) in [5.74, 6) is -1.66. The third-order valence-electron chi connectivity index (χ3n) is 5.66. The number of rotatable bonds is 11. The summed E-state index contributed by atoms with van der Waals surface area (Å²) in [7, 11) is -3.98. The second-order valence-electron chi connectivity index (χ2n) is 8.47. The topological polar surface area (TPSA) is 86.8 Å². The standard InChI is InChI=1S/C25H34FN3O4S/c1-6-19(4)27-25(31)22(7-2)28(16-20-14-12-18(3)13-15-20)24(30)17-29(34(5,32)33)23-11-9-8-10-21(23)26/h8-15,19,22H,6-7,16-17H2,1-5H3,(H,27,31)/t19-,22+/m0/s1. The Bertz CT molecular complexity index is 1090. The van der Waals surface area contributed by atoms with Gasteiger partial charge in [0.25, 0.3) is 0 Å². The first-order valence-corrected chi connectivity index (χ1v) is 13.2. The molecule has 0 heterocycles. The molecule has 0 saturated heterocycles. The number of hydrogen-bond donors (Lipinski definition) is 1. The first-order valence-electron chi connectivity index (χ1n) is 11.4. The van der Waals surface area contributed by atoms with E-state index in [1.807, 2.05) is 45.0 Å². The minimum atomic E-state index is -3.98. The fourth-order valence-corrected chi connectivity index (χ4v) is 4.35. The lowest BCUT2D eigenvalue weighted by atomic mass is 10.1. The highest BCUT2D eigenvalue weighted by Crippen LogP contribution is 2.22. The van der Waals surface area contributed by atoms with Crippen LogP contribution in [0.25, 0.3) is 0 Å². The fraction of sp³-hybridized carbons (Fsp3) is 0.440. The quantitative estimate of drug-likeness (QED) is 0.520. The molecular formula is C25H34FN3O4S. The van der Waals surface area contributed by atoms with Crippen LogP contribution in [0.4, 0.5) is 10.1 Å². The van der Waals surface area contributed by atoms with E-state index in [-0.39, 0.29) is 24.2 Å². The van der Waals surface area contributed by atoms with E-state index < -0.39 is 34.3 Å². The summed E-state index contributed by atoms with van der Waals surface area (Å²) in [5.41, 5.74) is 1.63. The third kappa shape index (κ3) is 7.28. The predicted molar refractivity (Wildman–Crippen MR) is 132 cm³/mol. The van der Waals surface area contributed by atoms with E-state index in [1.165, 1.54) is 23.1 Å². The van der Waals surface area contributed by atoms with Crippen LogP contribution in [0, 0.1) is 12.7 Å². The number of amides is 2. The lowest BCUT2D eigenvalue weighted by Gasteiger charge is -2.33. The number of benzene rings is 2. The molecule has 2 atom stereocenters. The molecule has 2 amide bonds. The number of carbonyl (C=O) groups is 2. The molecule has 0 radical (unpaired) electrons. The zero-order valence-corrected chi connectivity index (χ0v) is 21.2. The summed E-state index contributed by atoms with van der Waals surface area (Å²) in [4.78, 5) is 28.0. The maximum absolute atomic E-state index is 14.4. The minimum Gasteiger partial charge on any atom is -0.352 e. The van der Waals surface area contributed by atoms with Crippen molar-refractivity contribution >= 4 is 27.5 Å². The number of halogens is 1. The molecule has 7 nitrogen and oxygen atoms in total. The molecule has 0 aliphatic carbocycles. The van der Waals surface area contributed by atoms with Crippen LogP contribution in [-0.4, -0.2) is 50.0 Å². The second kappa shape index (κ2) is 12.0. The minimum absolute atomic E-state index is 0.0798. The monoisotopic (exact) mass is 491 g/mol. The summed E-state index contributed by atoms with van der Waals surface area (Å²) in [6.45, 7) is 7.04. The van der Waals surface area contributed by atoms with Crippen molar-refractivity contribution < 1.29 is 22.4 Å². The normalized spacial score (nSPS) is 13.1. The van der Waals surface area contributed by atoms with Gasteiger partial charge >= 0.3 is 0 Å². The smallest absolute Gasteiger partial charge is 0.244 e. The molecule has 2 aromatic carbocycles. The van der Waals surface area contributed by atoms with Crippen molar-refractivity contribution in [2.24, 2.45) is 0 Å². The Morgan fingerprint density at radius 2 is 1.65 bits per heavy atom. The molecule has 0 spiro atoms. The van der Waals surface area contributed by atoms with Gasteiger partial charge in [0.1, 0.15) is 18.4 Å². The van der Waals surface area contributed by atoms with Crippen molar-refractivity contribution in [3.05, 3.63) is 65.5 Å². The highest BCUT2D eigenvalue weighted by molar-refractivity contribution is 7.92. The molecule has 0 bridgehead atoms. The predicted octanol–water partition coefficient (Wildman–Crippen LogP) is 3.62. The molecular weight excluding hydrogens is 457 g/mol. The van der Waals surface area contributed by atoms with Crippen molar-refractivity contribution in [1.29, 1.82) is 0 Å². The van der Waals surface area contributed by atoms with Gasteiger partial charge in [-0.15, -0.1) is 0 Å². The number of hydrogen-bond acceptors (Lipinski definition) is 4. The number of para-hydroxylation sites is 1. The van der Waals surface area contributed by atoms with Crippen molar-refractivity contribution in [2.45, 2.75) is 59.2 Å². The van der Waals surface area contributed by atoms with Gasteiger partial charge in [-0.2, -0.15) is 0 Å². The summed E-state index contributed by atoms with van der Waals surface area (Å²) < 4.78 is 40.2. The zero-order valence-electron chi connectivity index (χ0n) is 20.4. The fourth-order valence-electron chi connectivity index (χ4n) is 3.50. The van der Waals surface area contributed by atoms with Crippen molar-refractivity contribution in [3.8, 4) is 0 Å². The van der Waals surface area contributed by atoms with Crippen molar-refractivity contribution in [1.82, 2.24) is 10.2 Å². The van der Waals surface area contributed by atoms with Gasteiger partial charge in [0.05, 0.1) is 11.9 Å². The second-order valence-corrected chi connectivity index (χ2v) is 10.4. The molecule has 0 fully saturated rings. The van der Waals surface area contributed by atoms with Gasteiger partial charge < -0.3 is 10.2 Å². The van der Waals surface area contributed by atoms with E-state index in [4.69, 9.17) is 0 Å². The molecule has 2 rings (SSSR count). The van der Waals surface area contributed by atoms with E-state index in [1.54, 1.807) is 6.92 Å². The van der Waals surface area contributed by atoms with E-state index in [2.05, 4.69) is 5.32 Å². The van der Waals surface area contributed by atoms with Crippen LogP contribution in [0.1, 0.15) is 44.7 Å². The summed E-state index contributed by atoms with van der Waals surface area (Å²) in [6, 6.07) is 12.0. The zero-order chi connectivity index (χ0) is 25.5. The van der Waals surface area contributed by atoms with Gasteiger partial charge in [-0.1, -0.05) is 55.8 Å². The highest BCUT2D eigenvalue weighted by Gasteiger charge is 2.32. The van der Waals surface area contributed by atoms with Crippen LogP contribution in [0.5, 0.6) is 0 Å². The lowest BCUT2D eigenvalue weighted by molar-refractivity contribution is -0.140. The molecule has 0 saturated carbocycles. The van der Waals surface area contributed by atoms with Gasteiger partial charge in [-0.05, 0) is 44.4 Å². The van der Waals surface area contributed by atoms with Crippen LogP contribution < -0.4 is 9.62 Å². The van der Waals surface area contributed by atoms with Crippen molar-refractivity contribution in [3.63, 3.8) is 0 Å². The lowest BCUT2D eigenvalue weighted by Crippen LogP contribution is -2.53. The number of nitrogens with zero attached hydrogens (tertiary/aromatic N) is 2. The van der Waals surface area contributed by atoms with Gasteiger partial charge in [-0.25, -0.2) is 12.8 Å². The molecule has 34 heavy (non-hydrogen) atoms. The number of aryl methyl sites for hydroxylation is 1. The average Bonchev–Trinajstić information content (AvgIpc) is 2.78. The van der Waals surface area contributed by atoms with Crippen LogP contribution in [-0.2, 0) is 26.2 Å². The maximum atomic E-state index is 14.4. The van der Waals surface area contributed by atoms with E-state index >= 15 is 0 Å². The Morgan fingerprint density at radius 3 is 2.18 bits per heavy atom. The highest BCUT2D eigenvalue weighted by atomic mass is 32.2. The Labute approximate surface area is 202 Å². The van der Waals surface area contributed by atoms with Gasteiger partial charge in [0, 0.05) is 12.6 Å². The van der Waals surface area contributed by atoms with E-state index in [9.17, 15) is 22.4 Å². The molecule has 186 valence electrons. The third-order valence-corrected chi connectivity index (χ3v) is 6.79. The summed E-state index contributed by atoms with van der Waals surface area (Å²) >= 11 is 0. The van der Waals surface area contributed by atoms with E-state index in [0.29, 0.717) is 6.42 Å². The number of carbonyl (C=O) groups excluding carboxylic acids is 2. The first-order chi connectivity index (χ1) is 16.0. The average molecular weight is 492 g/mol. The number of sulfonamides is 1. The van der Waals surface area contributed by atoms with Crippen molar-refractivity contribution in [2.75, 3.05) is 17.1 Å². The Hall–Kier alpha value is -2.94. The Morgan fingerprint density at radius 1 is 1.03 bits per heavy atom. The van der Waals surface area contributed by atoms with Crippen LogP contribution >= 0.6 is 0 Å². The number of nitrogens with one attached hydrogen (secondary N) is 1. The number of anilines is 1. The summed E-state index contributed by atoms with van der Waals surface area (Å²) in [5, 5.41) is 2.91. The first kappa shape index (κ1) is 27.3. The molecule has 2 aromatic rings.